The lowest BCUT2D eigenvalue weighted by Gasteiger charge is -2.24. The molecule has 2 rings (SSSR count). The van der Waals surface area contributed by atoms with E-state index in [9.17, 15) is 13.2 Å². The van der Waals surface area contributed by atoms with Crippen LogP contribution in [0.25, 0.3) is 0 Å². The molecule has 1 N–H and O–H groups in total. The van der Waals surface area contributed by atoms with Crippen LogP contribution in [0.1, 0.15) is 12.5 Å². The summed E-state index contributed by atoms with van der Waals surface area (Å²) in [4.78, 5) is 13.9. The van der Waals surface area contributed by atoms with Crippen LogP contribution in [0.15, 0.2) is 59.5 Å². The van der Waals surface area contributed by atoms with E-state index in [0.29, 0.717) is 5.02 Å². The molecule has 2 aromatic carbocycles. The molecule has 0 aliphatic carbocycles. The third-order valence-corrected chi connectivity index (χ3v) is 5.42. The van der Waals surface area contributed by atoms with E-state index in [1.165, 1.54) is 36.1 Å². The molecule has 0 saturated carbocycles. The number of rotatable bonds is 7. The molecule has 0 aromatic heterocycles. The fourth-order valence-electron chi connectivity index (χ4n) is 2.34. The van der Waals surface area contributed by atoms with E-state index < -0.39 is 22.0 Å². The molecule has 1 amide bonds. The van der Waals surface area contributed by atoms with Crippen LogP contribution in [0.2, 0.25) is 5.02 Å². The Morgan fingerprint density at radius 1 is 1.19 bits per heavy atom. The molecule has 0 bridgehead atoms. The third-order valence-electron chi connectivity index (χ3n) is 3.62. The zero-order chi connectivity index (χ0) is 19.2. The molecule has 0 aliphatic rings. The van der Waals surface area contributed by atoms with Crippen LogP contribution in [-0.2, 0) is 21.4 Å². The molecule has 26 heavy (non-hydrogen) atoms. The Morgan fingerprint density at radius 3 is 2.38 bits per heavy atom. The highest BCUT2D eigenvalue weighted by atomic mass is 35.5. The third kappa shape index (κ3) is 5.30. The fraction of sp³-hybridized carbons (Fsp3) is 0.222. The zero-order valence-corrected chi connectivity index (χ0v) is 15.7. The molecule has 0 unspecified atom stereocenters. The second kappa shape index (κ2) is 8.81. The van der Waals surface area contributed by atoms with Crippen molar-refractivity contribution in [2.45, 2.75) is 24.4 Å². The van der Waals surface area contributed by atoms with E-state index in [1.54, 1.807) is 0 Å². The summed E-state index contributed by atoms with van der Waals surface area (Å²) in [6.07, 6.45) is 0. The number of carbonyl (C=O) groups excluding carboxylic acids is 1. The lowest BCUT2D eigenvalue weighted by molar-refractivity contribution is -0.132. The van der Waals surface area contributed by atoms with Crippen molar-refractivity contribution in [2.24, 2.45) is 0 Å². The SMILES string of the molecule is C[C@H](NS(=O)(=O)c1ccc(Cl)cc1)C(=O)N(CC#N)Cc1ccccc1. The molecule has 6 nitrogen and oxygen atoms in total. The molecular weight excluding hydrogens is 374 g/mol. The minimum absolute atomic E-state index is 0.0106. The van der Waals surface area contributed by atoms with Gasteiger partial charge in [0.05, 0.1) is 17.0 Å². The average Bonchev–Trinajstić information content (AvgIpc) is 2.61. The van der Waals surface area contributed by atoms with E-state index in [-0.39, 0.29) is 18.0 Å². The van der Waals surface area contributed by atoms with E-state index in [4.69, 9.17) is 16.9 Å². The number of amides is 1. The Bertz CT molecular complexity index is 894. The summed E-state index contributed by atoms with van der Waals surface area (Å²) in [5.74, 6) is -0.479. The summed E-state index contributed by atoms with van der Waals surface area (Å²) in [6, 6.07) is 15.7. The van der Waals surface area contributed by atoms with Gasteiger partial charge in [-0.15, -0.1) is 0 Å². The predicted molar refractivity (Wildman–Crippen MR) is 98.7 cm³/mol. The van der Waals surface area contributed by atoms with E-state index >= 15 is 0 Å². The Kier molecular flexibility index (Phi) is 6.75. The molecule has 0 spiro atoms. The highest BCUT2D eigenvalue weighted by Crippen LogP contribution is 2.15. The first-order valence-electron chi connectivity index (χ1n) is 7.81. The van der Waals surface area contributed by atoms with Gasteiger partial charge < -0.3 is 4.90 Å². The number of nitrogens with zero attached hydrogens (tertiary/aromatic N) is 2. The average molecular weight is 392 g/mol. The van der Waals surface area contributed by atoms with Crippen LogP contribution in [0, 0.1) is 11.3 Å². The smallest absolute Gasteiger partial charge is 0.241 e. The lowest BCUT2D eigenvalue weighted by atomic mass is 10.2. The maximum absolute atomic E-state index is 12.6. The number of halogens is 1. The van der Waals surface area contributed by atoms with Crippen LogP contribution in [0.5, 0.6) is 0 Å². The first-order chi connectivity index (χ1) is 12.3. The number of nitriles is 1. The lowest BCUT2D eigenvalue weighted by Crippen LogP contribution is -2.46. The Balaban J connectivity index is 2.12. The second-order valence-corrected chi connectivity index (χ2v) is 7.79. The summed E-state index contributed by atoms with van der Waals surface area (Å²) >= 11 is 5.76. The van der Waals surface area contributed by atoms with Crippen molar-refractivity contribution in [1.82, 2.24) is 9.62 Å². The van der Waals surface area contributed by atoms with Crippen LogP contribution in [0.3, 0.4) is 0 Å². The molecule has 0 aliphatic heterocycles. The zero-order valence-electron chi connectivity index (χ0n) is 14.1. The van der Waals surface area contributed by atoms with Gasteiger partial charge in [0.15, 0.2) is 0 Å². The maximum Gasteiger partial charge on any atom is 0.241 e. The minimum Gasteiger partial charge on any atom is -0.324 e. The first kappa shape index (κ1) is 19.9. The van der Waals surface area contributed by atoms with E-state index in [0.717, 1.165) is 5.56 Å². The largest absolute Gasteiger partial charge is 0.324 e. The van der Waals surface area contributed by atoms with Crippen LogP contribution >= 0.6 is 11.6 Å². The minimum atomic E-state index is -3.88. The van der Waals surface area contributed by atoms with Crippen LogP contribution < -0.4 is 4.72 Å². The summed E-state index contributed by atoms with van der Waals surface area (Å²) in [5, 5.41) is 9.40. The van der Waals surface area contributed by atoms with Gasteiger partial charge in [-0.05, 0) is 36.8 Å². The molecule has 0 saturated heterocycles. The summed E-state index contributed by atoms with van der Waals surface area (Å²) in [6.45, 7) is 1.53. The molecule has 0 fully saturated rings. The topological polar surface area (TPSA) is 90.3 Å². The highest BCUT2D eigenvalue weighted by Gasteiger charge is 2.26. The van der Waals surface area contributed by atoms with Crippen molar-refractivity contribution in [3.05, 3.63) is 65.2 Å². The van der Waals surface area contributed by atoms with Crippen LogP contribution in [-0.4, -0.2) is 31.8 Å². The Morgan fingerprint density at radius 2 is 1.81 bits per heavy atom. The van der Waals surface area contributed by atoms with Crippen molar-refractivity contribution >= 4 is 27.5 Å². The molecule has 8 heteroatoms. The fourth-order valence-corrected chi connectivity index (χ4v) is 3.66. The van der Waals surface area contributed by atoms with Gasteiger partial charge in [-0.3, -0.25) is 4.79 Å². The number of benzene rings is 2. The van der Waals surface area contributed by atoms with E-state index in [2.05, 4.69) is 4.72 Å². The van der Waals surface area contributed by atoms with Gasteiger partial charge in [0.25, 0.3) is 0 Å². The molecule has 0 heterocycles. The predicted octanol–water partition coefficient (Wildman–Crippen LogP) is 2.56. The van der Waals surface area contributed by atoms with Crippen molar-refractivity contribution < 1.29 is 13.2 Å². The quantitative estimate of drug-likeness (QED) is 0.734. The van der Waals surface area contributed by atoms with Gasteiger partial charge in [-0.25, -0.2) is 8.42 Å². The molecular formula is C18H18ClN3O3S. The Labute approximate surface area is 158 Å². The highest BCUT2D eigenvalue weighted by molar-refractivity contribution is 7.89. The second-order valence-electron chi connectivity index (χ2n) is 5.63. The van der Waals surface area contributed by atoms with E-state index in [1.807, 2.05) is 36.4 Å². The summed E-state index contributed by atoms with van der Waals surface area (Å²) in [5.41, 5.74) is 0.851. The Hall–Kier alpha value is -2.40. The first-order valence-corrected chi connectivity index (χ1v) is 9.67. The van der Waals surface area contributed by atoms with Gasteiger partial charge in [-0.1, -0.05) is 41.9 Å². The number of sulfonamides is 1. The van der Waals surface area contributed by atoms with Gasteiger partial charge >= 0.3 is 0 Å². The van der Waals surface area contributed by atoms with Crippen molar-refractivity contribution in [3.63, 3.8) is 0 Å². The van der Waals surface area contributed by atoms with Crippen molar-refractivity contribution in [3.8, 4) is 6.07 Å². The van der Waals surface area contributed by atoms with Gasteiger partial charge in [-0.2, -0.15) is 9.98 Å². The number of carbonyl (C=O) groups is 1. The molecule has 1 atom stereocenters. The standard InChI is InChI=1S/C18H18ClN3O3S/c1-14(21-26(24,25)17-9-7-16(19)8-10-17)18(23)22(12-11-20)13-15-5-3-2-4-6-15/h2-10,14,21H,12-13H2,1H3/t14-/m0/s1. The molecule has 0 radical (unpaired) electrons. The monoisotopic (exact) mass is 391 g/mol. The van der Waals surface area contributed by atoms with Crippen molar-refractivity contribution in [2.75, 3.05) is 6.54 Å². The normalized spacial score (nSPS) is 12.2. The van der Waals surface area contributed by atoms with Gasteiger partial charge in [0, 0.05) is 11.6 Å². The van der Waals surface area contributed by atoms with Gasteiger partial charge in [0.2, 0.25) is 15.9 Å². The number of hydrogen-bond donors (Lipinski definition) is 1. The number of nitrogens with one attached hydrogen (secondary N) is 1. The van der Waals surface area contributed by atoms with Crippen molar-refractivity contribution in [1.29, 1.82) is 5.26 Å². The molecule has 136 valence electrons. The summed E-state index contributed by atoms with van der Waals surface area (Å²) < 4.78 is 27.2. The number of hydrogen-bond acceptors (Lipinski definition) is 4. The van der Waals surface area contributed by atoms with Gasteiger partial charge in [0.1, 0.15) is 6.54 Å². The summed E-state index contributed by atoms with van der Waals surface area (Å²) in [7, 11) is -3.88. The molecule has 2 aromatic rings. The van der Waals surface area contributed by atoms with Crippen LogP contribution in [0.4, 0.5) is 0 Å². The maximum atomic E-state index is 12.6.